The predicted molar refractivity (Wildman–Crippen MR) is 110 cm³/mol. The van der Waals surface area contributed by atoms with Crippen LogP contribution in [0.4, 0.5) is 4.39 Å². The lowest BCUT2D eigenvalue weighted by molar-refractivity contribution is -0.118. The predicted octanol–water partition coefficient (Wildman–Crippen LogP) is 3.44. The summed E-state index contributed by atoms with van der Waals surface area (Å²) in [6.07, 6.45) is 1.53. The van der Waals surface area contributed by atoms with Crippen molar-refractivity contribution in [3.63, 3.8) is 0 Å². The highest BCUT2D eigenvalue weighted by atomic mass is 35.5. The number of pyridine rings is 1. The molecule has 0 saturated heterocycles. The van der Waals surface area contributed by atoms with Crippen LogP contribution in [-0.4, -0.2) is 20.0 Å². The van der Waals surface area contributed by atoms with E-state index in [2.05, 4.69) is 4.98 Å². The Labute approximate surface area is 170 Å². The molecule has 0 aliphatic rings. The first-order chi connectivity index (χ1) is 13.9. The number of carbonyl (C=O) groups is 1. The quantitative estimate of drug-likeness (QED) is 0.559. The third kappa shape index (κ3) is 3.30. The summed E-state index contributed by atoms with van der Waals surface area (Å²) in [6, 6.07) is 13.0. The maximum atomic E-state index is 14.4. The molecule has 2 aromatic carbocycles. The Morgan fingerprint density at radius 1 is 1.17 bits per heavy atom. The molecule has 6 nitrogen and oxygen atoms in total. The fraction of sp³-hybridized carbons (Fsp3) is 0.0952. The van der Waals surface area contributed by atoms with E-state index >= 15 is 0 Å². The second-order valence-electron chi connectivity index (χ2n) is 6.61. The molecule has 8 heteroatoms. The topological polar surface area (TPSA) is 82.9 Å². The molecule has 0 saturated carbocycles. The Balaban J connectivity index is 2.00. The SMILES string of the molecule is Cc1ncc(-c2cc(Cl)ccc2F)cc1-n1c(=O)n(CC(N)=O)c2ccccc21. The zero-order valence-corrected chi connectivity index (χ0v) is 16.2. The van der Waals surface area contributed by atoms with E-state index in [0.29, 0.717) is 33.0 Å². The van der Waals surface area contributed by atoms with E-state index in [4.69, 9.17) is 17.3 Å². The number of nitrogens with zero attached hydrogens (tertiary/aromatic N) is 3. The summed E-state index contributed by atoms with van der Waals surface area (Å²) in [5, 5.41) is 0.388. The number of halogens is 2. The van der Waals surface area contributed by atoms with Crippen LogP contribution in [0, 0.1) is 12.7 Å². The highest BCUT2D eigenvalue weighted by Gasteiger charge is 2.18. The standard InChI is InChI=1S/C21H16ClFN4O2/c1-12-19(8-13(10-25-12)15-9-14(22)6-7-16(15)23)27-18-5-3-2-4-17(18)26(21(27)29)11-20(24)28/h2-10H,11H2,1H3,(H2,24,28). The molecule has 2 heterocycles. The van der Waals surface area contributed by atoms with Gasteiger partial charge in [-0.1, -0.05) is 23.7 Å². The van der Waals surface area contributed by atoms with Crippen molar-refractivity contribution in [1.82, 2.24) is 14.1 Å². The Morgan fingerprint density at radius 2 is 1.90 bits per heavy atom. The maximum absolute atomic E-state index is 14.4. The lowest BCUT2D eigenvalue weighted by atomic mass is 10.1. The molecule has 1 amide bonds. The fourth-order valence-electron chi connectivity index (χ4n) is 3.36. The van der Waals surface area contributed by atoms with Gasteiger partial charge >= 0.3 is 5.69 Å². The van der Waals surface area contributed by atoms with Crippen molar-refractivity contribution in [1.29, 1.82) is 0 Å². The smallest absolute Gasteiger partial charge is 0.334 e. The normalized spacial score (nSPS) is 11.1. The number of fused-ring (bicyclic) bond motifs is 1. The molecule has 0 aliphatic carbocycles. The molecule has 0 spiro atoms. The number of carbonyl (C=O) groups excluding carboxylic acids is 1. The van der Waals surface area contributed by atoms with Gasteiger partial charge in [-0.2, -0.15) is 0 Å². The first-order valence-corrected chi connectivity index (χ1v) is 9.15. The van der Waals surface area contributed by atoms with Crippen LogP contribution in [0.15, 0.2) is 59.5 Å². The highest BCUT2D eigenvalue weighted by Crippen LogP contribution is 2.29. The number of primary amides is 1. The van der Waals surface area contributed by atoms with Crippen LogP contribution in [0.3, 0.4) is 0 Å². The summed E-state index contributed by atoms with van der Waals surface area (Å²) in [7, 11) is 0. The van der Waals surface area contributed by atoms with Crippen LogP contribution < -0.4 is 11.4 Å². The molecule has 146 valence electrons. The van der Waals surface area contributed by atoms with Crippen molar-refractivity contribution >= 4 is 28.5 Å². The van der Waals surface area contributed by atoms with Gasteiger partial charge in [0, 0.05) is 22.3 Å². The molecule has 2 aromatic heterocycles. The molecule has 4 aromatic rings. The number of amides is 1. The van der Waals surface area contributed by atoms with Gasteiger partial charge in [0.05, 0.1) is 22.4 Å². The molecule has 4 rings (SSSR count). The van der Waals surface area contributed by atoms with Crippen molar-refractivity contribution in [2.75, 3.05) is 0 Å². The third-order valence-corrected chi connectivity index (χ3v) is 4.93. The second-order valence-corrected chi connectivity index (χ2v) is 7.05. The fourth-order valence-corrected chi connectivity index (χ4v) is 3.54. The van der Waals surface area contributed by atoms with E-state index in [1.54, 1.807) is 37.3 Å². The zero-order valence-electron chi connectivity index (χ0n) is 15.4. The van der Waals surface area contributed by atoms with Gasteiger partial charge in [0.25, 0.3) is 0 Å². The summed E-state index contributed by atoms with van der Waals surface area (Å²) in [6.45, 7) is 1.50. The van der Waals surface area contributed by atoms with Crippen molar-refractivity contribution in [3.05, 3.63) is 81.7 Å². The summed E-state index contributed by atoms with van der Waals surface area (Å²) in [4.78, 5) is 29.0. The largest absolute Gasteiger partial charge is 0.368 e. The van der Waals surface area contributed by atoms with Gasteiger partial charge in [0.1, 0.15) is 12.4 Å². The molecule has 0 bridgehead atoms. The molecule has 0 fully saturated rings. The average Bonchev–Trinajstić information content (AvgIpc) is 2.96. The van der Waals surface area contributed by atoms with E-state index in [9.17, 15) is 14.0 Å². The number of nitrogens with two attached hydrogens (primary N) is 1. The van der Waals surface area contributed by atoms with Gasteiger partial charge in [-0.05, 0) is 43.3 Å². The lowest BCUT2D eigenvalue weighted by Gasteiger charge is -2.10. The first-order valence-electron chi connectivity index (χ1n) is 8.78. The zero-order chi connectivity index (χ0) is 20.7. The van der Waals surface area contributed by atoms with Crippen LogP contribution in [0.2, 0.25) is 5.02 Å². The second kappa shape index (κ2) is 7.18. The number of aromatic nitrogens is 3. The minimum absolute atomic E-state index is 0.249. The van der Waals surface area contributed by atoms with Gasteiger partial charge in [0.15, 0.2) is 0 Å². The first kappa shape index (κ1) is 18.9. The van der Waals surface area contributed by atoms with Gasteiger partial charge in [0.2, 0.25) is 5.91 Å². The number of aryl methyl sites for hydroxylation is 1. The van der Waals surface area contributed by atoms with E-state index in [1.165, 1.54) is 33.5 Å². The highest BCUT2D eigenvalue weighted by molar-refractivity contribution is 6.30. The van der Waals surface area contributed by atoms with Gasteiger partial charge in [-0.15, -0.1) is 0 Å². The van der Waals surface area contributed by atoms with Crippen molar-refractivity contribution in [3.8, 4) is 16.8 Å². The minimum atomic E-state index is -0.625. The van der Waals surface area contributed by atoms with Crippen molar-refractivity contribution < 1.29 is 9.18 Å². The molecule has 0 aliphatic heterocycles. The van der Waals surface area contributed by atoms with Gasteiger partial charge in [-0.25, -0.2) is 9.18 Å². The monoisotopic (exact) mass is 410 g/mol. The molecular weight excluding hydrogens is 395 g/mol. The Hall–Kier alpha value is -3.45. The summed E-state index contributed by atoms with van der Waals surface area (Å²) >= 11 is 6.02. The van der Waals surface area contributed by atoms with E-state index in [1.807, 2.05) is 0 Å². The molecule has 0 radical (unpaired) electrons. The minimum Gasteiger partial charge on any atom is -0.368 e. The Morgan fingerprint density at radius 3 is 2.62 bits per heavy atom. The van der Waals surface area contributed by atoms with Crippen molar-refractivity contribution in [2.45, 2.75) is 13.5 Å². The number of benzene rings is 2. The van der Waals surface area contributed by atoms with Crippen LogP contribution in [0.5, 0.6) is 0 Å². The number of imidazole rings is 1. The van der Waals surface area contributed by atoms with Crippen molar-refractivity contribution in [2.24, 2.45) is 5.73 Å². The molecule has 2 N–H and O–H groups in total. The molecule has 0 atom stereocenters. The van der Waals surface area contributed by atoms with E-state index in [-0.39, 0.29) is 12.1 Å². The van der Waals surface area contributed by atoms with Crippen LogP contribution >= 0.6 is 11.6 Å². The maximum Gasteiger partial charge on any atom is 0.334 e. The summed E-state index contributed by atoms with van der Waals surface area (Å²) in [5.41, 5.74) is 7.84. The summed E-state index contributed by atoms with van der Waals surface area (Å²) < 4.78 is 17.1. The van der Waals surface area contributed by atoms with E-state index < -0.39 is 17.4 Å². The van der Waals surface area contributed by atoms with E-state index in [0.717, 1.165) is 0 Å². The Bertz CT molecular complexity index is 1330. The van der Waals surface area contributed by atoms with Crippen LogP contribution in [0.1, 0.15) is 5.69 Å². The molecule has 29 heavy (non-hydrogen) atoms. The molecule has 0 unspecified atom stereocenters. The lowest BCUT2D eigenvalue weighted by Crippen LogP contribution is -2.29. The Kier molecular flexibility index (Phi) is 4.68. The third-order valence-electron chi connectivity index (χ3n) is 4.69. The number of para-hydroxylation sites is 2. The van der Waals surface area contributed by atoms with Crippen LogP contribution in [0.25, 0.3) is 27.8 Å². The van der Waals surface area contributed by atoms with Gasteiger partial charge in [-0.3, -0.25) is 18.9 Å². The van der Waals surface area contributed by atoms with Crippen LogP contribution in [-0.2, 0) is 11.3 Å². The van der Waals surface area contributed by atoms with Gasteiger partial charge < -0.3 is 5.73 Å². The number of rotatable bonds is 4. The molecular formula is C21H16ClFN4O2. The average molecular weight is 411 g/mol. The summed E-state index contributed by atoms with van der Waals surface area (Å²) in [5.74, 6) is -1.07. The number of hydrogen-bond donors (Lipinski definition) is 1. The number of hydrogen-bond acceptors (Lipinski definition) is 3.